The van der Waals surface area contributed by atoms with Gasteiger partial charge in [-0.05, 0) is 56.4 Å². The summed E-state index contributed by atoms with van der Waals surface area (Å²) in [6.45, 7) is 8.51. The summed E-state index contributed by atoms with van der Waals surface area (Å²) >= 11 is 0. The third kappa shape index (κ3) is 4.23. The number of hydrogen-bond donors (Lipinski definition) is 1. The molecule has 21 heavy (non-hydrogen) atoms. The summed E-state index contributed by atoms with van der Waals surface area (Å²) in [5.41, 5.74) is 0.705. The number of hydrogen-bond acceptors (Lipinski definition) is 2. The van der Waals surface area contributed by atoms with E-state index in [9.17, 15) is 4.79 Å². The molecule has 2 rings (SSSR count). The van der Waals surface area contributed by atoms with Crippen LogP contribution in [-0.4, -0.2) is 18.1 Å². The van der Waals surface area contributed by atoms with Crippen LogP contribution in [0.25, 0.3) is 0 Å². The van der Waals surface area contributed by atoms with E-state index < -0.39 is 0 Å². The van der Waals surface area contributed by atoms with Gasteiger partial charge in [0.05, 0.1) is 6.10 Å². The van der Waals surface area contributed by atoms with E-state index in [-0.39, 0.29) is 12.0 Å². The highest BCUT2D eigenvalue weighted by Crippen LogP contribution is 2.29. The van der Waals surface area contributed by atoms with Crippen molar-refractivity contribution >= 4 is 5.91 Å². The van der Waals surface area contributed by atoms with Crippen LogP contribution in [0.15, 0.2) is 24.3 Å². The van der Waals surface area contributed by atoms with Crippen LogP contribution >= 0.6 is 0 Å². The van der Waals surface area contributed by atoms with Gasteiger partial charge in [-0.3, -0.25) is 4.79 Å². The zero-order valence-electron chi connectivity index (χ0n) is 13.6. The number of ether oxygens (including phenoxy) is 1. The van der Waals surface area contributed by atoms with Gasteiger partial charge in [-0.15, -0.1) is 0 Å². The molecule has 0 saturated heterocycles. The third-order valence-electron chi connectivity index (χ3n) is 4.51. The molecule has 1 amide bonds. The molecule has 1 aromatic carbocycles. The lowest BCUT2D eigenvalue weighted by Gasteiger charge is -2.34. The lowest BCUT2D eigenvalue weighted by molar-refractivity contribution is 0.0891. The quantitative estimate of drug-likeness (QED) is 0.909. The Kier molecular flexibility index (Phi) is 5.27. The third-order valence-corrected chi connectivity index (χ3v) is 4.51. The van der Waals surface area contributed by atoms with Crippen molar-refractivity contribution in [3.63, 3.8) is 0 Å². The standard InChI is InChI=1S/C18H27NO2/c1-12(2)21-16-10-8-15(9-11-16)18(20)19-17-7-5-6-13(3)14(17)4/h8-14,17H,5-7H2,1-4H3,(H,19,20). The fourth-order valence-electron chi connectivity index (χ4n) is 2.99. The monoisotopic (exact) mass is 289 g/mol. The Bertz CT molecular complexity index is 467. The van der Waals surface area contributed by atoms with Crippen molar-refractivity contribution < 1.29 is 9.53 Å². The second-order valence-electron chi connectivity index (χ2n) is 6.54. The number of amides is 1. The van der Waals surface area contributed by atoms with Crippen LogP contribution in [0.1, 0.15) is 57.3 Å². The fourth-order valence-corrected chi connectivity index (χ4v) is 2.99. The summed E-state index contributed by atoms with van der Waals surface area (Å²) in [6, 6.07) is 7.70. The van der Waals surface area contributed by atoms with Crippen LogP contribution in [-0.2, 0) is 0 Å². The molecule has 3 unspecified atom stereocenters. The lowest BCUT2D eigenvalue weighted by atomic mass is 9.78. The van der Waals surface area contributed by atoms with Crippen LogP contribution in [0.4, 0.5) is 0 Å². The van der Waals surface area contributed by atoms with Crippen molar-refractivity contribution in [1.82, 2.24) is 5.32 Å². The zero-order chi connectivity index (χ0) is 15.4. The maximum absolute atomic E-state index is 12.3. The highest BCUT2D eigenvalue weighted by molar-refractivity contribution is 5.94. The largest absolute Gasteiger partial charge is 0.491 e. The molecule has 3 heteroatoms. The van der Waals surface area contributed by atoms with E-state index in [1.165, 1.54) is 12.8 Å². The lowest BCUT2D eigenvalue weighted by Crippen LogP contribution is -2.43. The first-order valence-electron chi connectivity index (χ1n) is 8.05. The summed E-state index contributed by atoms with van der Waals surface area (Å²) in [5, 5.41) is 3.20. The van der Waals surface area contributed by atoms with Gasteiger partial charge < -0.3 is 10.1 Å². The average molecular weight is 289 g/mol. The summed E-state index contributed by atoms with van der Waals surface area (Å²) in [7, 11) is 0. The SMILES string of the molecule is CC(C)Oc1ccc(C(=O)NC2CCCC(C)C2C)cc1. The first-order chi connectivity index (χ1) is 9.97. The van der Waals surface area contributed by atoms with Gasteiger partial charge in [-0.1, -0.05) is 26.7 Å². The Morgan fingerprint density at radius 2 is 1.86 bits per heavy atom. The molecular weight excluding hydrogens is 262 g/mol. The first-order valence-corrected chi connectivity index (χ1v) is 8.05. The molecule has 0 aliphatic heterocycles. The normalized spacial score (nSPS) is 25.7. The molecule has 3 atom stereocenters. The van der Waals surface area contributed by atoms with E-state index in [1.54, 1.807) is 0 Å². The molecule has 1 N–H and O–H groups in total. The average Bonchev–Trinajstić information content (AvgIpc) is 2.44. The van der Waals surface area contributed by atoms with Gasteiger partial charge in [0.1, 0.15) is 5.75 Å². The van der Waals surface area contributed by atoms with E-state index in [0.29, 0.717) is 23.4 Å². The van der Waals surface area contributed by atoms with Crippen LogP contribution in [0.3, 0.4) is 0 Å². The molecule has 1 aliphatic rings. The van der Waals surface area contributed by atoms with Crippen molar-refractivity contribution in [2.45, 2.75) is 59.1 Å². The second kappa shape index (κ2) is 6.97. The van der Waals surface area contributed by atoms with Crippen molar-refractivity contribution in [2.24, 2.45) is 11.8 Å². The number of rotatable bonds is 4. The summed E-state index contributed by atoms with van der Waals surface area (Å²) < 4.78 is 5.60. The smallest absolute Gasteiger partial charge is 0.251 e. The number of nitrogens with one attached hydrogen (secondary N) is 1. The molecule has 0 heterocycles. The van der Waals surface area contributed by atoms with Gasteiger partial charge in [0, 0.05) is 11.6 Å². The van der Waals surface area contributed by atoms with Crippen LogP contribution in [0, 0.1) is 11.8 Å². The molecular formula is C18H27NO2. The zero-order valence-corrected chi connectivity index (χ0v) is 13.6. The number of benzene rings is 1. The molecule has 0 bridgehead atoms. The van der Waals surface area contributed by atoms with Crippen molar-refractivity contribution in [2.75, 3.05) is 0 Å². The molecule has 1 aliphatic carbocycles. The minimum Gasteiger partial charge on any atom is -0.491 e. The Morgan fingerprint density at radius 1 is 1.19 bits per heavy atom. The summed E-state index contributed by atoms with van der Waals surface area (Å²) in [6.07, 6.45) is 3.72. The molecule has 116 valence electrons. The second-order valence-corrected chi connectivity index (χ2v) is 6.54. The van der Waals surface area contributed by atoms with Crippen LogP contribution in [0.5, 0.6) is 5.75 Å². The van der Waals surface area contributed by atoms with E-state index in [0.717, 1.165) is 12.2 Å². The topological polar surface area (TPSA) is 38.3 Å². The summed E-state index contributed by atoms with van der Waals surface area (Å²) in [5.74, 6) is 2.07. The van der Waals surface area contributed by atoms with E-state index in [2.05, 4.69) is 19.2 Å². The van der Waals surface area contributed by atoms with Gasteiger partial charge in [-0.2, -0.15) is 0 Å². The van der Waals surface area contributed by atoms with Crippen LogP contribution < -0.4 is 10.1 Å². The Labute approximate surface area is 128 Å². The van der Waals surface area contributed by atoms with Gasteiger partial charge in [0.2, 0.25) is 0 Å². The maximum atomic E-state index is 12.3. The summed E-state index contributed by atoms with van der Waals surface area (Å²) in [4.78, 5) is 12.3. The predicted molar refractivity (Wildman–Crippen MR) is 85.6 cm³/mol. The molecule has 0 aromatic heterocycles. The Balaban J connectivity index is 1.96. The molecule has 3 nitrogen and oxygen atoms in total. The molecule has 0 spiro atoms. The van der Waals surface area contributed by atoms with Gasteiger partial charge >= 0.3 is 0 Å². The van der Waals surface area contributed by atoms with Crippen LogP contribution in [0.2, 0.25) is 0 Å². The minimum absolute atomic E-state index is 0.0250. The van der Waals surface area contributed by atoms with Crippen molar-refractivity contribution in [3.05, 3.63) is 29.8 Å². The fraction of sp³-hybridized carbons (Fsp3) is 0.611. The van der Waals surface area contributed by atoms with Gasteiger partial charge in [0.25, 0.3) is 5.91 Å². The molecule has 1 saturated carbocycles. The van der Waals surface area contributed by atoms with E-state index in [4.69, 9.17) is 4.74 Å². The van der Waals surface area contributed by atoms with Gasteiger partial charge in [0.15, 0.2) is 0 Å². The van der Waals surface area contributed by atoms with Crippen molar-refractivity contribution in [1.29, 1.82) is 0 Å². The highest BCUT2D eigenvalue weighted by Gasteiger charge is 2.28. The minimum atomic E-state index is 0.0250. The number of carbonyl (C=O) groups is 1. The van der Waals surface area contributed by atoms with E-state index in [1.807, 2.05) is 38.1 Å². The molecule has 1 fully saturated rings. The number of carbonyl (C=O) groups excluding carboxylic acids is 1. The maximum Gasteiger partial charge on any atom is 0.251 e. The Morgan fingerprint density at radius 3 is 2.48 bits per heavy atom. The van der Waals surface area contributed by atoms with E-state index >= 15 is 0 Å². The highest BCUT2D eigenvalue weighted by atomic mass is 16.5. The molecule has 1 aromatic rings. The van der Waals surface area contributed by atoms with Crippen molar-refractivity contribution in [3.8, 4) is 5.75 Å². The first kappa shape index (κ1) is 15.9. The Hall–Kier alpha value is -1.51. The van der Waals surface area contributed by atoms with Gasteiger partial charge in [-0.25, -0.2) is 0 Å². The molecule has 0 radical (unpaired) electrons. The predicted octanol–water partition coefficient (Wildman–Crippen LogP) is 4.03.